The van der Waals surface area contributed by atoms with Crippen LogP contribution in [0.1, 0.15) is 56.7 Å². The highest BCUT2D eigenvalue weighted by Gasteiger charge is 2.33. The van der Waals surface area contributed by atoms with Gasteiger partial charge in [0.1, 0.15) is 0 Å². The minimum absolute atomic E-state index is 0. The SMILES string of the molecule is Cl.NC1(c2noc(CCC(=O)O)n2)CCCCCC1. The molecule has 108 valence electrons. The molecular weight excluding hydrogens is 270 g/mol. The zero-order chi connectivity index (χ0) is 13.0. The molecule has 3 N–H and O–H groups in total. The van der Waals surface area contributed by atoms with E-state index < -0.39 is 11.5 Å². The molecule has 7 heteroatoms. The molecule has 1 fully saturated rings. The highest BCUT2D eigenvalue weighted by atomic mass is 35.5. The van der Waals surface area contributed by atoms with Gasteiger partial charge in [-0.15, -0.1) is 12.4 Å². The molecule has 0 saturated heterocycles. The van der Waals surface area contributed by atoms with Gasteiger partial charge in [0, 0.05) is 6.42 Å². The van der Waals surface area contributed by atoms with Crippen LogP contribution in [0.25, 0.3) is 0 Å². The van der Waals surface area contributed by atoms with Crippen molar-refractivity contribution in [2.75, 3.05) is 0 Å². The van der Waals surface area contributed by atoms with Crippen LogP contribution in [0.4, 0.5) is 0 Å². The van der Waals surface area contributed by atoms with Crippen molar-refractivity contribution >= 4 is 18.4 Å². The molecule has 1 aliphatic carbocycles. The first-order chi connectivity index (χ1) is 8.60. The molecule has 0 aromatic carbocycles. The predicted octanol–water partition coefficient (Wildman–Crippen LogP) is 2.02. The summed E-state index contributed by atoms with van der Waals surface area (Å²) in [6.07, 6.45) is 6.55. The van der Waals surface area contributed by atoms with Gasteiger partial charge < -0.3 is 15.4 Å². The Labute approximate surface area is 118 Å². The maximum absolute atomic E-state index is 10.5. The summed E-state index contributed by atoms with van der Waals surface area (Å²) in [7, 11) is 0. The van der Waals surface area contributed by atoms with E-state index in [1.165, 1.54) is 12.8 Å². The molecule has 6 nitrogen and oxygen atoms in total. The van der Waals surface area contributed by atoms with Crippen molar-refractivity contribution in [1.82, 2.24) is 10.1 Å². The van der Waals surface area contributed by atoms with Gasteiger partial charge in [-0.2, -0.15) is 4.98 Å². The minimum Gasteiger partial charge on any atom is -0.481 e. The predicted molar refractivity (Wildman–Crippen MR) is 71.1 cm³/mol. The number of aliphatic carboxylic acids is 1. The second kappa shape index (κ2) is 6.86. The lowest BCUT2D eigenvalue weighted by atomic mass is 9.91. The number of nitrogens with two attached hydrogens (primary N) is 1. The van der Waals surface area contributed by atoms with Crippen LogP contribution in [0.5, 0.6) is 0 Å². The van der Waals surface area contributed by atoms with E-state index in [0.29, 0.717) is 11.7 Å². The Balaban J connectivity index is 0.00000180. The van der Waals surface area contributed by atoms with Gasteiger partial charge in [0.05, 0.1) is 12.0 Å². The molecule has 0 bridgehead atoms. The fraction of sp³-hybridized carbons (Fsp3) is 0.750. The fourth-order valence-electron chi connectivity index (χ4n) is 2.36. The van der Waals surface area contributed by atoms with E-state index in [1.54, 1.807) is 0 Å². The molecule has 2 rings (SSSR count). The van der Waals surface area contributed by atoms with Gasteiger partial charge in [0.25, 0.3) is 0 Å². The van der Waals surface area contributed by atoms with Crippen molar-refractivity contribution < 1.29 is 14.4 Å². The van der Waals surface area contributed by atoms with Crippen molar-refractivity contribution in [3.05, 3.63) is 11.7 Å². The Hall–Kier alpha value is -1.14. The lowest BCUT2D eigenvalue weighted by Crippen LogP contribution is -2.37. The zero-order valence-electron chi connectivity index (χ0n) is 10.8. The lowest BCUT2D eigenvalue weighted by molar-refractivity contribution is -0.137. The third-order valence-corrected chi connectivity index (χ3v) is 3.46. The number of hydrogen-bond donors (Lipinski definition) is 2. The number of aryl methyl sites for hydroxylation is 1. The third kappa shape index (κ3) is 4.18. The molecule has 0 spiro atoms. The molecule has 1 saturated carbocycles. The maximum atomic E-state index is 10.5. The topological polar surface area (TPSA) is 102 Å². The molecule has 1 aromatic heterocycles. The van der Waals surface area contributed by atoms with Crippen molar-refractivity contribution in [2.24, 2.45) is 5.73 Å². The second-order valence-corrected chi connectivity index (χ2v) is 4.98. The first-order valence-corrected chi connectivity index (χ1v) is 6.44. The Morgan fingerprint density at radius 1 is 1.32 bits per heavy atom. The maximum Gasteiger partial charge on any atom is 0.303 e. The number of hydrogen-bond acceptors (Lipinski definition) is 5. The van der Waals surface area contributed by atoms with Gasteiger partial charge in [-0.3, -0.25) is 4.79 Å². The number of halogens is 1. The summed E-state index contributed by atoms with van der Waals surface area (Å²) in [5.41, 5.74) is 5.85. The Kier molecular flexibility index (Phi) is 5.75. The van der Waals surface area contributed by atoms with Crippen LogP contribution in [-0.4, -0.2) is 21.2 Å². The summed E-state index contributed by atoms with van der Waals surface area (Å²) >= 11 is 0. The smallest absolute Gasteiger partial charge is 0.303 e. The van der Waals surface area contributed by atoms with E-state index >= 15 is 0 Å². The van der Waals surface area contributed by atoms with Crippen LogP contribution in [0.15, 0.2) is 4.52 Å². The minimum atomic E-state index is -0.869. The van der Waals surface area contributed by atoms with Crippen LogP contribution in [0.3, 0.4) is 0 Å². The summed E-state index contributed by atoms with van der Waals surface area (Å²) in [5, 5.41) is 12.5. The largest absolute Gasteiger partial charge is 0.481 e. The summed E-state index contributed by atoms with van der Waals surface area (Å²) < 4.78 is 5.07. The van der Waals surface area contributed by atoms with Gasteiger partial charge in [-0.05, 0) is 12.8 Å². The van der Waals surface area contributed by atoms with Gasteiger partial charge in [-0.25, -0.2) is 0 Å². The number of carboxylic acid groups (broad SMARTS) is 1. The summed E-state index contributed by atoms with van der Waals surface area (Å²) in [6, 6.07) is 0. The molecule has 0 unspecified atom stereocenters. The van der Waals surface area contributed by atoms with Crippen molar-refractivity contribution in [1.29, 1.82) is 0 Å². The summed E-state index contributed by atoms with van der Waals surface area (Å²) in [6.45, 7) is 0. The van der Waals surface area contributed by atoms with Crippen molar-refractivity contribution in [3.63, 3.8) is 0 Å². The van der Waals surface area contributed by atoms with Crippen molar-refractivity contribution in [3.8, 4) is 0 Å². The Bertz CT molecular complexity index is 414. The average Bonchev–Trinajstić information content (AvgIpc) is 2.70. The van der Waals surface area contributed by atoms with Crippen LogP contribution >= 0.6 is 12.4 Å². The van der Waals surface area contributed by atoms with Gasteiger partial charge in [0.2, 0.25) is 5.89 Å². The number of rotatable bonds is 4. The first-order valence-electron chi connectivity index (χ1n) is 6.44. The highest BCUT2D eigenvalue weighted by molar-refractivity contribution is 5.85. The molecule has 0 aliphatic heterocycles. The van der Waals surface area contributed by atoms with Crippen molar-refractivity contribution in [2.45, 2.75) is 56.9 Å². The van der Waals surface area contributed by atoms with Gasteiger partial charge in [0.15, 0.2) is 5.82 Å². The Morgan fingerprint density at radius 2 is 1.95 bits per heavy atom. The molecule has 0 radical (unpaired) electrons. The van der Waals surface area contributed by atoms with Gasteiger partial charge in [-0.1, -0.05) is 30.8 Å². The molecular formula is C12H20ClN3O3. The molecule has 1 aliphatic rings. The molecule has 1 aromatic rings. The standard InChI is InChI=1S/C12H19N3O3.ClH/c13-12(7-3-1-2-4-8-12)11-14-9(18-15-11)5-6-10(16)17;/h1-8,13H2,(H,16,17);1H. The second-order valence-electron chi connectivity index (χ2n) is 4.98. The van der Waals surface area contributed by atoms with Crippen LogP contribution in [0.2, 0.25) is 0 Å². The normalized spacial score (nSPS) is 18.4. The molecule has 19 heavy (non-hydrogen) atoms. The first kappa shape index (κ1) is 15.9. The summed E-state index contributed by atoms with van der Waals surface area (Å²) in [4.78, 5) is 14.7. The van der Waals surface area contributed by atoms with E-state index in [1.807, 2.05) is 0 Å². The van der Waals surface area contributed by atoms with E-state index in [0.717, 1.165) is 25.7 Å². The quantitative estimate of drug-likeness (QED) is 0.822. The number of carboxylic acids is 1. The van der Waals surface area contributed by atoms with Crippen LogP contribution < -0.4 is 5.73 Å². The number of aromatic nitrogens is 2. The monoisotopic (exact) mass is 289 g/mol. The number of nitrogens with zero attached hydrogens (tertiary/aromatic N) is 2. The average molecular weight is 290 g/mol. The molecule has 0 atom stereocenters. The van der Waals surface area contributed by atoms with Crippen LogP contribution in [-0.2, 0) is 16.8 Å². The van der Waals surface area contributed by atoms with E-state index in [9.17, 15) is 4.79 Å². The summed E-state index contributed by atoms with van der Waals surface area (Å²) in [5.74, 6) is 0.0259. The zero-order valence-corrected chi connectivity index (χ0v) is 11.6. The molecule has 1 heterocycles. The van der Waals surface area contributed by atoms with E-state index in [2.05, 4.69) is 10.1 Å². The van der Waals surface area contributed by atoms with Gasteiger partial charge >= 0.3 is 5.97 Å². The Morgan fingerprint density at radius 3 is 2.53 bits per heavy atom. The van der Waals surface area contributed by atoms with Crippen LogP contribution in [0, 0.1) is 0 Å². The number of carbonyl (C=O) groups is 1. The fourth-order valence-corrected chi connectivity index (χ4v) is 2.36. The molecule has 0 amide bonds. The third-order valence-electron chi connectivity index (χ3n) is 3.46. The lowest BCUT2D eigenvalue weighted by Gasteiger charge is -2.23. The van der Waals surface area contributed by atoms with E-state index in [-0.39, 0.29) is 25.2 Å². The van der Waals surface area contributed by atoms with E-state index in [4.69, 9.17) is 15.4 Å². The highest BCUT2D eigenvalue weighted by Crippen LogP contribution is 2.31.